The minimum absolute atomic E-state index is 0.271. The lowest BCUT2D eigenvalue weighted by Gasteiger charge is -2.09. The van der Waals surface area contributed by atoms with Crippen LogP contribution in [0.3, 0.4) is 0 Å². The van der Waals surface area contributed by atoms with E-state index in [4.69, 9.17) is 9.47 Å². The summed E-state index contributed by atoms with van der Waals surface area (Å²) in [5.41, 5.74) is 0. The maximum absolute atomic E-state index is 12.0. The first-order valence-corrected chi connectivity index (χ1v) is 13.1. The molecule has 178 valence electrons. The maximum Gasteiger partial charge on any atom is 0.412 e. The molecule has 0 fully saturated rings. The second-order valence-corrected chi connectivity index (χ2v) is 8.72. The van der Waals surface area contributed by atoms with E-state index in [0.29, 0.717) is 13.1 Å². The summed E-state index contributed by atoms with van der Waals surface area (Å²) in [6, 6.07) is 0. The number of nitrogens with one attached hydrogen (secondary N) is 2. The van der Waals surface area contributed by atoms with Gasteiger partial charge >= 0.3 is 12.2 Å². The Morgan fingerprint density at radius 1 is 0.645 bits per heavy atom. The van der Waals surface area contributed by atoms with Crippen LogP contribution in [0.15, 0.2) is 10.8 Å². The van der Waals surface area contributed by atoms with E-state index in [9.17, 15) is 9.59 Å². The molecule has 0 spiro atoms. The van der Waals surface area contributed by atoms with Crippen LogP contribution in [0, 0.1) is 0 Å². The molecule has 0 saturated carbocycles. The van der Waals surface area contributed by atoms with Gasteiger partial charge in [0.2, 0.25) is 0 Å². The highest BCUT2D eigenvalue weighted by molar-refractivity contribution is 7.08. The fraction of sp³-hybridized carbons (Fsp3) is 0.750. The highest BCUT2D eigenvalue weighted by Crippen LogP contribution is 2.31. The third kappa shape index (κ3) is 14.8. The van der Waals surface area contributed by atoms with E-state index >= 15 is 0 Å². The van der Waals surface area contributed by atoms with E-state index in [-0.39, 0.29) is 11.5 Å². The van der Waals surface area contributed by atoms with E-state index < -0.39 is 12.2 Å². The van der Waals surface area contributed by atoms with Gasteiger partial charge in [-0.25, -0.2) is 9.59 Å². The van der Waals surface area contributed by atoms with Gasteiger partial charge < -0.3 is 20.1 Å². The van der Waals surface area contributed by atoms with E-state index in [0.717, 1.165) is 25.7 Å². The molecule has 1 aromatic rings. The minimum atomic E-state index is -0.517. The molecule has 0 saturated heterocycles. The second-order valence-electron chi connectivity index (χ2n) is 7.98. The van der Waals surface area contributed by atoms with E-state index in [1.54, 1.807) is 10.8 Å². The molecule has 0 radical (unpaired) electrons. The molecule has 6 nitrogen and oxygen atoms in total. The Bertz CT molecular complexity index is 592. The Balaban J connectivity index is 2.13. The zero-order valence-corrected chi connectivity index (χ0v) is 20.3. The summed E-state index contributed by atoms with van der Waals surface area (Å²) in [6.07, 6.45) is 15.7. The van der Waals surface area contributed by atoms with Gasteiger partial charge in [-0.3, -0.25) is 0 Å². The van der Waals surface area contributed by atoms with E-state index in [2.05, 4.69) is 24.5 Å². The molecule has 2 amide bonds. The van der Waals surface area contributed by atoms with Gasteiger partial charge in [-0.2, -0.15) is 0 Å². The molecule has 1 heterocycles. The Labute approximate surface area is 192 Å². The lowest BCUT2D eigenvalue weighted by molar-refractivity contribution is 0.190. The van der Waals surface area contributed by atoms with Crippen molar-refractivity contribution in [2.45, 2.75) is 104 Å². The maximum atomic E-state index is 12.0. The van der Waals surface area contributed by atoms with Gasteiger partial charge in [0.1, 0.15) is 0 Å². The summed E-state index contributed by atoms with van der Waals surface area (Å²) in [7, 11) is 0. The first-order chi connectivity index (χ1) is 15.2. The Hall–Kier alpha value is -1.76. The SMILES string of the molecule is CCCCCCCCCCNC(=O)Oc1cscc1OC(=O)NCCCCCCCC. The summed E-state index contributed by atoms with van der Waals surface area (Å²) < 4.78 is 10.6. The van der Waals surface area contributed by atoms with Crippen molar-refractivity contribution in [3.63, 3.8) is 0 Å². The van der Waals surface area contributed by atoms with Crippen molar-refractivity contribution in [1.82, 2.24) is 10.6 Å². The number of hydrogen-bond donors (Lipinski definition) is 2. The van der Waals surface area contributed by atoms with Crippen molar-refractivity contribution in [1.29, 1.82) is 0 Å². The Kier molecular flexibility index (Phi) is 16.7. The number of amides is 2. The van der Waals surface area contributed by atoms with Crippen molar-refractivity contribution in [2.75, 3.05) is 13.1 Å². The Morgan fingerprint density at radius 2 is 1.00 bits per heavy atom. The molecule has 7 heteroatoms. The molecular weight excluding hydrogens is 412 g/mol. The zero-order valence-electron chi connectivity index (χ0n) is 19.5. The number of carbonyl (C=O) groups is 2. The quantitative estimate of drug-likeness (QED) is 0.226. The predicted molar refractivity (Wildman–Crippen MR) is 128 cm³/mol. The summed E-state index contributed by atoms with van der Waals surface area (Å²) in [4.78, 5) is 23.9. The number of rotatable bonds is 18. The van der Waals surface area contributed by atoms with Crippen molar-refractivity contribution in [3.8, 4) is 11.5 Å². The van der Waals surface area contributed by atoms with Crippen LogP contribution < -0.4 is 20.1 Å². The van der Waals surface area contributed by atoms with Crippen LogP contribution in [-0.2, 0) is 0 Å². The molecule has 2 N–H and O–H groups in total. The molecule has 0 aliphatic rings. The largest absolute Gasteiger partial charge is 0.412 e. The monoisotopic (exact) mass is 454 g/mol. The summed E-state index contributed by atoms with van der Waals surface area (Å²) in [5, 5.41) is 8.83. The average molecular weight is 455 g/mol. The fourth-order valence-corrected chi connectivity index (χ4v) is 3.88. The fourth-order valence-electron chi connectivity index (χ4n) is 3.24. The van der Waals surface area contributed by atoms with Crippen LogP contribution in [0.25, 0.3) is 0 Å². The molecule has 0 atom stereocenters. The van der Waals surface area contributed by atoms with E-state index in [1.807, 2.05) is 0 Å². The molecule has 0 aliphatic heterocycles. The molecular formula is C24H42N2O4S. The third-order valence-electron chi connectivity index (χ3n) is 5.10. The molecule has 1 rings (SSSR count). The van der Waals surface area contributed by atoms with E-state index in [1.165, 1.54) is 75.5 Å². The number of ether oxygens (including phenoxy) is 2. The third-order valence-corrected chi connectivity index (χ3v) is 5.80. The van der Waals surface area contributed by atoms with Crippen molar-refractivity contribution < 1.29 is 19.1 Å². The first kappa shape index (κ1) is 27.3. The number of carbonyl (C=O) groups excluding carboxylic acids is 2. The van der Waals surface area contributed by atoms with Gasteiger partial charge in [0, 0.05) is 23.8 Å². The van der Waals surface area contributed by atoms with Crippen LogP contribution in [0.2, 0.25) is 0 Å². The smallest absolute Gasteiger partial charge is 0.405 e. The normalized spacial score (nSPS) is 10.6. The second kappa shape index (κ2) is 19.0. The topological polar surface area (TPSA) is 76.7 Å². The van der Waals surface area contributed by atoms with Crippen LogP contribution >= 0.6 is 11.3 Å². The lowest BCUT2D eigenvalue weighted by Crippen LogP contribution is -2.29. The van der Waals surface area contributed by atoms with Crippen molar-refractivity contribution >= 4 is 23.5 Å². The highest BCUT2D eigenvalue weighted by atomic mass is 32.1. The van der Waals surface area contributed by atoms with Crippen LogP contribution in [-0.4, -0.2) is 25.3 Å². The summed E-state index contributed by atoms with van der Waals surface area (Å²) in [5.74, 6) is 0.542. The van der Waals surface area contributed by atoms with Crippen LogP contribution in [0.5, 0.6) is 11.5 Å². The van der Waals surface area contributed by atoms with Gasteiger partial charge in [0.05, 0.1) is 0 Å². The number of hydrogen-bond acceptors (Lipinski definition) is 5. The van der Waals surface area contributed by atoms with Gasteiger partial charge in [-0.15, -0.1) is 11.3 Å². The van der Waals surface area contributed by atoms with Gasteiger partial charge in [0.15, 0.2) is 11.5 Å². The first-order valence-electron chi connectivity index (χ1n) is 12.1. The number of thiophene rings is 1. The Morgan fingerprint density at radius 3 is 1.39 bits per heavy atom. The minimum Gasteiger partial charge on any atom is -0.405 e. The lowest BCUT2D eigenvalue weighted by atomic mass is 10.1. The number of unbranched alkanes of at least 4 members (excludes halogenated alkanes) is 12. The van der Waals surface area contributed by atoms with Crippen LogP contribution in [0.4, 0.5) is 9.59 Å². The summed E-state index contributed by atoms with van der Waals surface area (Å²) >= 11 is 1.32. The van der Waals surface area contributed by atoms with Gasteiger partial charge in [-0.05, 0) is 12.8 Å². The molecule has 0 bridgehead atoms. The molecule has 0 unspecified atom stereocenters. The zero-order chi connectivity index (χ0) is 22.6. The standard InChI is InChI=1S/C24H42N2O4S/c1-3-5-7-9-11-12-14-16-18-26-24(28)30-22-20-31-19-21(22)29-23(27)25-17-15-13-10-8-6-4-2/h19-20H,3-18H2,1-2H3,(H,25,27)(H,26,28). The molecule has 0 aromatic carbocycles. The summed E-state index contributed by atoms with van der Waals surface area (Å²) in [6.45, 7) is 5.60. The van der Waals surface area contributed by atoms with Crippen molar-refractivity contribution in [3.05, 3.63) is 10.8 Å². The predicted octanol–water partition coefficient (Wildman–Crippen LogP) is 7.43. The average Bonchev–Trinajstić information content (AvgIpc) is 3.18. The van der Waals surface area contributed by atoms with Crippen molar-refractivity contribution in [2.24, 2.45) is 0 Å². The van der Waals surface area contributed by atoms with Gasteiger partial charge in [0.25, 0.3) is 0 Å². The molecule has 0 aliphatic carbocycles. The molecule has 1 aromatic heterocycles. The highest BCUT2D eigenvalue weighted by Gasteiger charge is 2.14. The molecule has 31 heavy (non-hydrogen) atoms. The van der Waals surface area contributed by atoms with Crippen LogP contribution in [0.1, 0.15) is 104 Å². The van der Waals surface area contributed by atoms with Gasteiger partial charge in [-0.1, -0.05) is 90.9 Å².